The summed E-state index contributed by atoms with van der Waals surface area (Å²) in [4.78, 5) is 35.9. The predicted molar refractivity (Wildman–Crippen MR) is 177 cm³/mol. The van der Waals surface area contributed by atoms with E-state index >= 15 is 0 Å². The number of alkyl halides is 6. The first kappa shape index (κ1) is 36.9. The van der Waals surface area contributed by atoms with Crippen LogP contribution in [-0.2, 0) is 28.3 Å². The number of anilines is 3. The first-order chi connectivity index (χ1) is 24.2. The molecule has 3 saturated heterocycles. The molecule has 51 heavy (non-hydrogen) atoms. The number of hydrogen-bond acceptors (Lipinski definition) is 9. The number of carbonyl (C=O) groups is 1. The summed E-state index contributed by atoms with van der Waals surface area (Å²) in [5.41, 5.74) is -2.13. The maximum Gasteiger partial charge on any atom is 0.416 e. The van der Waals surface area contributed by atoms with E-state index < -0.39 is 41.3 Å². The van der Waals surface area contributed by atoms with Gasteiger partial charge in [0.25, 0.3) is 0 Å². The van der Waals surface area contributed by atoms with Crippen molar-refractivity contribution in [2.24, 2.45) is 11.8 Å². The Kier molecular flexibility index (Phi) is 10.8. The molecule has 3 fully saturated rings. The highest BCUT2D eigenvalue weighted by atomic mass is 35.5. The van der Waals surface area contributed by atoms with E-state index in [0.717, 1.165) is 17.8 Å². The van der Waals surface area contributed by atoms with Crippen molar-refractivity contribution in [1.29, 1.82) is 0 Å². The van der Waals surface area contributed by atoms with Crippen LogP contribution in [0.3, 0.4) is 0 Å². The molecule has 3 atom stereocenters. The molecule has 1 aromatic carbocycles. The molecule has 0 saturated carbocycles. The molecule has 1 N–H and O–H groups in total. The lowest BCUT2D eigenvalue weighted by molar-refractivity contribution is -0.144. The largest absolute Gasteiger partial charge is 0.481 e. The van der Waals surface area contributed by atoms with Crippen molar-refractivity contribution in [3.05, 3.63) is 64.3 Å². The van der Waals surface area contributed by atoms with Gasteiger partial charge in [-0.05, 0) is 61.8 Å². The Labute approximate surface area is 295 Å². The summed E-state index contributed by atoms with van der Waals surface area (Å²) in [7, 11) is 0. The molecule has 3 aliphatic rings. The van der Waals surface area contributed by atoms with Crippen molar-refractivity contribution in [1.82, 2.24) is 19.9 Å². The number of halogens is 7. The Morgan fingerprint density at radius 1 is 0.941 bits per heavy atom. The van der Waals surface area contributed by atoms with E-state index in [-0.39, 0.29) is 35.0 Å². The molecule has 6 rings (SSSR count). The van der Waals surface area contributed by atoms with Gasteiger partial charge in [0.15, 0.2) is 5.82 Å². The fourth-order valence-electron chi connectivity index (χ4n) is 7.29. The van der Waals surface area contributed by atoms with Crippen LogP contribution < -0.4 is 14.7 Å². The molecule has 0 amide bonds. The molecule has 17 heteroatoms. The van der Waals surface area contributed by atoms with Gasteiger partial charge >= 0.3 is 18.3 Å². The lowest BCUT2D eigenvalue weighted by atomic mass is 9.83. The van der Waals surface area contributed by atoms with Crippen LogP contribution in [0, 0.1) is 11.8 Å². The van der Waals surface area contributed by atoms with Gasteiger partial charge < -0.3 is 24.5 Å². The van der Waals surface area contributed by atoms with Gasteiger partial charge in [-0.1, -0.05) is 18.5 Å². The zero-order valence-electron chi connectivity index (χ0n) is 27.8. The number of carboxylic acids is 1. The minimum atomic E-state index is -4.98. The molecule has 0 aliphatic carbocycles. The number of hydrogen-bond donors (Lipinski definition) is 1. The quantitative estimate of drug-likeness (QED) is 0.238. The average molecular weight is 742 g/mol. The van der Waals surface area contributed by atoms with Crippen LogP contribution in [-0.4, -0.2) is 83.0 Å². The zero-order chi connectivity index (χ0) is 36.5. The molecule has 3 aromatic rings. The Hall–Kier alpha value is -3.92. The third-order valence-electron chi connectivity index (χ3n) is 10.1. The predicted octanol–water partition coefficient (Wildman–Crippen LogP) is 6.73. The number of aromatic nitrogens is 4. The van der Waals surface area contributed by atoms with E-state index in [4.69, 9.17) is 21.3 Å². The molecule has 3 aliphatic heterocycles. The number of benzene rings is 1. The fraction of sp³-hybridized carbons (Fsp3) is 0.559. The van der Waals surface area contributed by atoms with Crippen LogP contribution in [0.15, 0.2) is 36.8 Å². The topological polar surface area (TPSA) is 108 Å². The van der Waals surface area contributed by atoms with E-state index in [2.05, 4.69) is 15.0 Å². The summed E-state index contributed by atoms with van der Waals surface area (Å²) < 4.78 is 88.5. The van der Waals surface area contributed by atoms with Gasteiger partial charge in [0, 0.05) is 44.7 Å². The van der Waals surface area contributed by atoms with Gasteiger partial charge in [-0.25, -0.2) is 15.0 Å². The Bertz CT molecular complexity index is 1650. The minimum Gasteiger partial charge on any atom is -0.481 e. The first-order valence-electron chi connectivity index (χ1n) is 16.9. The summed E-state index contributed by atoms with van der Waals surface area (Å²) >= 11 is 6.67. The van der Waals surface area contributed by atoms with Crippen molar-refractivity contribution < 1.29 is 41.0 Å². The Morgan fingerprint density at radius 2 is 1.57 bits per heavy atom. The smallest absolute Gasteiger partial charge is 0.416 e. The van der Waals surface area contributed by atoms with Crippen molar-refractivity contribution >= 4 is 35.0 Å². The molecule has 5 heterocycles. The highest BCUT2D eigenvalue weighted by molar-refractivity contribution is 6.32. The zero-order valence-corrected chi connectivity index (χ0v) is 28.6. The standard InChI is InChI=1S/C34H38ClF6N7O3/c1-2-25-14-22(19-48(25)30-28(35)18-44-32(45-30)47-5-3-21(4-6-47)31(49)50)27(29-42-16-26(17-43-29)46-7-9-51-10-8-46)13-20-11-23(33(36,37)38)15-24(12-20)34(39,40)41/h11-12,15-18,21-22,25,27H,2-10,13-14,19H2,1H3,(H,49,50). The molecule has 3 unspecified atom stereocenters. The fourth-order valence-corrected chi connectivity index (χ4v) is 7.49. The molecule has 2 aromatic heterocycles. The van der Waals surface area contributed by atoms with Crippen molar-refractivity contribution in [3.63, 3.8) is 0 Å². The maximum atomic E-state index is 13.8. The number of ether oxygens (including phenoxy) is 1. The summed E-state index contributed by atoms with van der Waals surface area (Å²) in [6, 6.07) is 1.57. The molecular formula is C34H38ClF6N7O3. The molecule has 10 nitrogen and oxygen atoms in total. The Morgan fingerprint density at radius 3 is 2.14 bits per heavy atom. The van der Waals surface area contributed by atoms with Crippen LogP contribution in [0.2, 0.25) is 5.02 Å². The first-order valence-corrected chi connectivity index (χ1v) is 17.3. The summed E-state index contributed by atoms with van der Waals surface area (Å²) in [6.45, 7) is 5.55. The van der Waals surface area contributed by atoms with Gasteiger partial charge in [0.05, 0.1) is 54.5 Å². The molecular weight excluding hydrogens is 704 g/mol. The number of piperidine rings is 1. The lowest BCUT2D eigenvalue weighted by Gasteiger charge is -2.32. The highest BCUT2D eigenvalue weighted by Crippen LogP contribution is 2.43. The van der Waals surface area contributed by atoms with Gasteiger partial charge in [-0.3, -0.25) is 4.79 Å². The monoisotopic (exact) mass is 741 g/mol. The van der Waals surface area contributed by atoms with Crippen LogP contribution >= 0.6 is 11.6 Å². The molecule has 0 bridgehead atoms. The maximum absolute atomic E-state index is 13.8. The van der Waals surface area contributed by atoms with Crippen LogP contribution in [0.1, 0.15) is 61.0 Å². The highest BCUT2D eigenvalue weighted by Gasteiger charge is 2.41. The average Bonchev–Trinajstić information content (AvgIpc) is 3.54. The van der Waals surface area contributed by atoms with Crippen LogP contribution in [0.25, 0.3) is 0 Å². The van der Waals surface area contributed by atoms with Crippen LogP contribution in [0.4, 0.5) is 43.8 Å². The third-order valence-corrected chi connectivity index (χ3v) is 10.3. The number of carboxylic acid groups (broad SMARTS) is 1. The van der Waals surface area contributed by atoms with Crippen molar-refractivity contribution in [2.45, 2.75) is 63.3 Å². The number of rotatable bonds is 9. The SMILES string of the molecule is CCC1CC(C(Cc2cc(C(F)(F)F)cc(C(F)(F)F)c2)c2ncc(N3CCOCC3)cn2)CN1c1nc(N2CCC(C(=O)O)CC2)ncc1Cl. The number of aliphatic carboxylic acids is 1. The summed E-state index contributed by atoms with van der Waals surface area (Å²) in [5.74, 6) is -1.05. The number of morpholine rings is 1. The van der Waals surface area contributed by atoms with E-state index in [1.807, 2.05) is 21.6 Å². The minimum absolute atomic E-state index is 0.115. The molecule has 0 radical (unpaired) electrons. The second kappa shape index (κ2) is 15.0. The van der Waals surface area contributed by atoms with Gasteiger partial charge in [-0.2, -0.15) is 31.3 Å². The van der Waals surface area contributed by atoms with E-state index in [0.29, 0.717) is 89.2 Å². The lowest BCUT2D eigenvalue weighted by Crippen LogP contribution is -2.38. The van der Waals surface area contributed by atoms with E-state index in [9.17, 15) is 36.2 Å². The van der Waals surface area contributed by atoms with Gasteiger partial charge in [0.1, 0.15) is 10.8 Å². The molecule has 0 spiro atoms. The van der Waals surface area contributed by atoms with Crippen molar-refractivity contribution in [3.8, 4) is 0 Å². The van der Waals surface area contributed by atoms with Crippen LogP contribution in [0.5, 0.6) is 0 Å². The summed E-state index contributed by atoms with van der Waals surface area (Å²) in [5, 5.41) is 9.69. The Balaban J connectivity index is 1.33. The second-order valence-corrected chi connectivity index (χ2v) is 13.7. The van der Waals surface area contributed by atoms with Gasteiger partial charge in [0.2, 0.25) is 5.95 Å². The van der Waals surface area contributed by atoms with Gasteiger partial charge in [-0.15, -0.1) is 0 Å². The second-order valence-electron chi connectivity index (χ2n) is 13.3. The normalized spacial score (nSPS) is 21.3. The van der Waals surface area contributed by atoms with Crippen molar-refractivity contribution in [2.75, 3.05) is 60.6 Å². The van der Waals surface area contributed by atoms with E-state index in [1.54, 1.807) is 12.4 Å². The third kappa shape index (κ3) is 8.43. The molecule has 276 valence electrons. The van der Waals surface area contributed by atoms with E-state index in [1.165, 1.54) is 6.20 Å². The number of nitrogens with zero attached hydrogens (tertiary/aromatic N) is 7. The summed E-state index contributed by atoms with van der Waals surface area (Å²) in [6.07, 6.45) is -3.29.